The first-order chi connectivity index (χ1) is 5.54. The molecule has 6 nitrogen and oxygen atoms in total. The summed E-state index contributed by atoms with van der Waals surface area (Å²) in [5, 5.41) is 45.5. The fourth-order valence-corrected chi connectivity index (χ4v) is 0.0577. The summed E-state index contributed by atoms with van der Waals surface area (Å²) >= 11 is 0. The van der Waals surface area contributed by atoms with Crippen LogP contribution in [0.4, 0.5) is 0 Å². The minimum atomic E-state index is -2.17. The number of hydrogen-bond donors (Lipinski definition) is 6. The molecule has 7 heteroatoms. The van der Waals surface area contributed by atoms with Crippen molar-refractivity contribution in [3.8, 4) is 0 Å². The summed E-state index contributed by atoms with van der Waals surface area (Å²) in [6.07, 6.45) is -0.954. The Morgan fingerprint density at radius 3 is 1.17 bits per heavy atom. The quantitative estimate of drug-likeness (QED) is 0.201. The Morgan fingerprint density at radius 2 is 1.17 bits per heavy atom. The van der Waals surface area contributed by atoms with Gasteiger partial charge in [0.15, 0.2) is 0 Å². The van der Waals surface area contributed by atoms with Gasteiger partial charge in [-0.25, -0.2) is 0 Å². The maximum absolute atomic E-state index is 8.17. The van der Waals surface area contributed by atoms with E-state index in [1.807, 2.05) is 0 Å². The number of aliphatic hydroxyl groups is 3. The predicted molar refractivity (Wildman–Crippen MR) is 43.8 cm³/mol. The number of hydrogen-bond acceptors (Lipinski definition) is 6. The van der Waals surface area contributed by atoms with Gasteiger partial charge in [-0.1, -0.05) is 0 Å². The standard InChI is InChI=1S/C3H8O3.C2H4.BH3O3/c4-1-3(6)2-5;1-2;2-1(3)4/h3-6H,1-2H2;1-2H2;2-4H. The van der Waals surface area contributed by atoms with Gasteiger partial charge in [-0.15, -0.1) is 13.2 Å². The molecule has 0 aromatic heterocycles. The third kappa shape index (κ3) is 55.2. The van der Waals surface area contributed by atoms with Crippen LogP contribution in [0.5, 0.6) is 0 Å². The van der Waals surface area contributed by atoms with E-state index in [-0.39, 0.29) is 13.2 Å². The molecule has 0 aromatic rings. The van der Waals surface area contributed by atoms with Crippen LogP contribution in [0.3, 0.4) is 0 Å². The highest BCUT2D eigenvalue weighted by Crippen LogP contribution is 1.71. The van der Waals surface area contributed by atoms with Gasteiger partial charge < -0.3 is 30.4 Å². The van der Waals surface area contributed by atoms with E-state index in [9.17, 15) is 0 Å². The average molecular weight is 182 g/mol. The van der Waals surface area contributed by atoms with Crippen LogP contribution in [-0.4, -0.2) is 57.0 Å². The molecule has 0 unspecified atom stereocenters. The topological polar surface area (TPSA) is 121 Å². The smallest absolute Gasteiger partial charge is 0.402 e. The van der Waals surface area contributed by atoms with Gasteiger partial charge in [0.05, 0.1) is 13.2 Å². The molecule has 0 aliphatic rings. The van der Waals surface area contributed by atoms with Crippen molar-refractivity contribution in [2.24, 2.45) is 0 Å². The molecular formula is C5H15BO6. The molecule has 0 spiro atoms. The molecule has 0 heterocycles. The Bertz CT molecular complexity index is 64.2. The maximum atomic E-state index is 8.17. The van der Waals surface area contributed by atoms with E-state index >= 15 is 0 Å². The molecule has 12 heavy (non-hydrogen) atoms. The lowest BCUT2D eigenvalue weighted by Gasteiger charge is -1.96. The third-order valence-corrected chi connectivity index (χ3v) is 0.421. The first kappa shape index (κ1) is 17.6. The summed E-state index contributed by atoms with van der Waals surface area (Å²) in [5.41, 5.74) is 0. The Morgan fingerprint density at radius 1 is 1.00 bits per heavy atom. The van der Waals surface area contributed by atoms with Gasteiger partial charge in [0.2, 0.25) is 0 Å². The van der Waals surface area contributed by atoms with Gasteiger partial charge in [0.25, 0.3) is 0 Å². The van der Waals surface area contributed by atoms with Gasteiger partial charge in [-0.2, -0.15) is 0 Å². The molecule has 0 bridgehead atoms. The summed E-state index contributed by atoms with van der Waals surface area (Å²) < 4.78 is 0. The van der Waals surface area contributed by atoms with Crippen molar-refractivity contribution in [2.45, 2.75) is 6.10 Å². The van der Waals surface area contributed by atoms with E-state index in [0.29, 0.717) is 0 Å². The predicted octanol–water partition coefficient (Wildman–Crippen LogP) is -2.92. The van der Waals surface area contributed by atoms with E-state index in [1.54, 1.807) is 0 Å². The summed E-state index contributed by atoms with van der Waals surface area (Å²) in [6.45, 7) is 5.27. The van der Waals surface area contributed by atoms with Crippen LogP contribution >= 0.6 is 0 Å². The average Bonchev–Trinajstić information content (AvgIpc) is 2.06. The van der Waals surface area contributed by atoms with E-state index < -0.39 is 13.4 Å². The molecule has 0 aliphatic carbocycles. The molecule has 0 saturated carbocycles. The van der Waals surface area contributed by atoms with Crippen LogP contribution in [0.15, 0.2) is 13.2 Å². The fraction of sp³-hybridized carbons (Fsp3) is 0.600. The SMILES string of the molecule is C=C.OB(O)O.OCC(O)CO. The van der Waals surface area contributed by atoms with Crippen molar-refractivity contribution in [3.05, 3.63) is 13.2 Å². The minimum absolute atomic E-state index is 0.365. The molecule has 6 N–H and O–H groups in total. The van der Waals surface area contributed by atoms with Crippen molar-refractivity contribution in [2.75, 3.05) is 13.2 Å². The van der Waals surface area contributed by atoms with Crippen molar-refractivity contribution in [3.63, 3.8) is 0 Å². The molecule has 0 saturated heterocycles. The second-order valence-electron chi connectivity index (χ2n) is 1.37. The second-order valence-corrected chi connectivity index (χ2v) is 1.37. The zero-order chi connectivity index (χ0) is 10.6. The second kappa shape index (κ2) is 16.9. The largest absolute Gasteiger partial charge is 0.631 e. The van der Waals surface area contributed by atoms with Crippen LogP contribution in [0.2, 0.25) is 0 Å². The Labute approximate surface area is 71.2 Å². The van der Waals surface area contributed by atoms with E-state index in [1.165, 1.54) is 0 Å². The number of rotatable bonds is 2. The highest BCUT2D eigenvalue weighted by atomic mass is 16.5. The summed E-state index contributed by atoms with van der Waals surface area (Å²) in [4.78, 5) is 0. The van der Waals surface area contributed by atoms with Crippen LogP contribution < -0.4 is 0 Å². The first-order valence-electron chi connectivity index (χ1n) is 2.98. The minimum Gasteiger partial charge on any atom is -0.402 e. The zero-order valence-electron chi connectivity index (χ0n) is 6.67. The highest BCUT2D eigenvalue weighted by molar-refractivity contribution is 6.30. The van der Waals surface area contributed by atoms with Crippen molar-refractivity contribution < 1.29 is 30.4 Å². The van der Waals surface area contributed by atoms with E-state index in [4.69, 9.17) is 30.4 Å². The monoisotopic (exact) mass is 182 g/mol. The van der Waals surface area contributed by atoms with Crippen LogP contribution in [-0.2, 0) is 0 Å². The Kier molecular flexibility index (Phi) is 24.8. The van der Waals surface area contributed by atoms with Crippen molar-refractivity contribution >= 4 is 7.32 Å². The molecule has 0 atom stereocenters. The Balaban J connectivity index is -0.000000118. The fourth-order valence-electron chi connectivity index (χ4n) is 0.0577. The molecule has 0 aromatic carbocycles. The van der Waals surface area contributed by atoms with Gasteiger partial charge in [-0.05, 0) is 0 Å². The van der Waals surface area contributed by atoms with Gasteiger partial charge >= 0.3 is 7.32 Å². The van der Waals surface area contributed by atoms with Crippen molar-refractivity contribution in [1.29, 1.82) is 0 Å². The summed E-state index contributed by atoms with van der Waals surface area (Å²) in [7, 11) is -2.17. The lowest BCUT2D eigenvalue weighted by molar-refractivity contribution is 0.0450. The normalized spacial score (nSPS) is 7.58. The first-order valence-corrected chi connectivity index (χ1v) is 2.98. The van der Waals surface area contributed by atoms with Gasteiger partial charge in [0.1, 0.15) is 6.10 Å². The Hall–Kier alpha value is -0.435. The van der Waals surface area contributed by atoms with Crippen LogP contribution in [0.1, 0.15) is 0 Å². The lowest BCUT2D eigenvalue weighted by atomic mass is 10.3. The zero-order valence-corrected chi connectivity index (χ0v) is 6.67. The maximum Gasteiger partial charge on any atom is 0.631 e. The molecule has 0 fully saturated rings. The van der Waals surface area contributed by atoms with Crippen LogP contribution in [0, 0.1) is 0 Å². The highest BCUT2D eigenvalue weighted by Gasteiger charge is 1.93. The summed E-state index contributed by atoms with van der Waals surface area (Å²) in [5.74, 6) is 0. The van der Waals surface area contributed by atoms with E-state index in [0.717, 1.165) is 0 Å². The van der Waals surface area contributed by atoms with Crippen LogP contribution in [0.25, 0.3) is 0 Å². The molecular weight excluding hydrogens is 167 g/mol. The lowest BCUT2D eigenvalue weighted by Crippen LogP contribution is -2.15. The molecule has 74 valence electrons. The third-order valence-electron chi connectivity index (χ3n) is 0.421. The summed E-state index contributed by atoms with van der Waals surface area (Å²) in [6, 6.07) is 0. The molecule has 0 amide bonds. The molecule has 0 rings (SSSR count). The molecule has 0 aliphatic heterocycles. The van der Waals surface area contributed by atoms with Crippen molar-refractivity contribution in [1.82, 2.24) is 0 Å². The van der Waals surface area contributed by atoms with Gasteiger partial charge in [-0.3, -0.25) is 0 Å². The molecule has 0 radical (unpaired) electrons. The van der Waals surface area contributed by atoms with E-state index in [2.05, 4.69) is 13.2 Å². The number of aliphatic hydroxyl groups excluding tert-OH is 3. The van der Waals surface area contributed by atoms with Gasteiger partial charge in [0, 0.05) is 0 Å².